The molecule has 0 nitrogen and oxygen atoms in total. The van der Waals surface area contributed by atoms with Crippen LogP contribution in [0, 0.1) is 17.8 Å². The maximum absolute atomic E-state index is 2.34. The Balaban J connectivity index is 3.59. The number of allylic oxidation sites excluding steroid dienone is 2. The van der Waals surface area contributed by atoms with Gasteiger partial charge in [-0.3, -0.25) is 0 Å². The summed E-state index contributed by atoms with van der Waals surface area (Å²) in [6.07, 6.45) is 5.95. The van der Waals surface area contributed by atoms with Crippen LogP contribution in [0.4, 0.5) is 0 Å². The second kappa shape index (κ2) is 5.40. The van der Waals surface area contributed by atoms with E-state index in [-0.39, 0.29) is 0 Å². The number of hydrogen-bond donors (Lipinski definition) is 0. The van der Waals surface area contributed by atoms with E-state index in [2.05, 4.69) is 46.8 Å². The van der Waals surface area contributed by atoms with E-state index in [4.69, 9.17) is 0 Å². The highest BCUT2D eigenvalue weighted by molar-refractivity contribution is 4.88. The van der Waals surface area contributed by atoms with Crippen LogP contribution >= 0.6 is 0 Å². The average Bonchev–Trinajstić information content (AvgIpc) is 1.82. The Bertz CT molecular complexity index is 109. The molecule has 0 heterocycles. The van der Waals surface area contributed by atoms with Gasteiger partial charge in [0, 0.05) is 0 Å². The summed E-state index contributed by atoms with van der Waals surface area (Å²) in [5, 5.41) is 0. The predicted molar refractivity (Wildman–Crippen MR) is 52.6 cm³/mol. The fourth-order valence-electron chi connectivity index (χ4n) is 1.23. The first kappa shape index (κ1) is 10.7. The molecule has 66 valence electrons. The Labute approximate surface area is 71.7 Å². The van der Waals surface area contributed by atoms with E-state index in [1.807, 2.05) is 0 Å². The van der Waals surface area contributed by atoms with Crippen molar-refractivity contribution in [2.45, 2.75) is 41.0 Å². The lowest BCUT2D eigenvalue weighted by atomic mass is 9.97. The summed E-state index contributed by atoms with van der Waals surface area (Å²) in [6, 6.07) is 0. The van der Waals surface area contributed by atoms with Crippen LogP contribution in [-0.4, -0.2) is 0 Å². The maximum atomic E-state index is 2.34. The molecule has 0 aromatic heterocycles. The lowest BCUT2D eigenvalue weighted by Gasteiger charge is -2.09. The molecule has 11 heavy (non-hydrogen) atoms. The summed E-state index contributed by atoms with van der Waals surface area (Å²) in [6.45, 7) is 11.3. The molecule has 1 atom stereocenters. The second-order valence-corrected chi connectivity index (χ2v) is 4.24. The third-order valence-electron chi connectivity index (χ3n) is 1.67. The van der Waals surface area contributed by atoms with Gasteiger partial charge < -0.3 is 0 Å². The Hall–Kier alpha value is -0.260. The van der Waals surface area contributed by atoms with Crippen molar-refractivity contribution in [2.24, 2.45) is 17.8 Å². The number of hydrogen-bond acceptors (Lipinski definition) is 0. The van der Waals surface area contributed by atoms with Crippen molar-refractivity contribution in [3.63, 3.8) is 0 Å². The second-order valence-electron chi connectivity index (χ2n) is 4.24. The molecule has 0 aromatic carbocycles. The van der Waals surface area contributed by atoms with Crippen molar-refractivity contribution < 1.29 is 0 Å². The largest absolute Gasteiger partial charge is 0.0857 e. The third kappa shape index (κ3) is 7.64. The monoisotopic (exact) mass is 154 g/mol. The molecule has 0 bridgehead atoms. The van der Waals surface area contributed by atoms with Gasteiger partial charge in [-0.15, -0.1) is 0 Å². The molecule has 0 aliphatic heterocycles. The van der Waals surface area contributed by atoms with Gasteiger partial charge in [0.1, 0.15) is 0 Å². The summed E-state index contributed by atoms with van der Waals surface area (Å²) >= 11 is 0. The van der Waals surface area contributed by atoms with Crippen LogP contribution < -0.4 is 0 Å². The first-order chi connectivity index (χ1) is 5.02. The fraction of sp³-hybridized carbons (Fsp3) is 0.818. The van der Waals surface area contributed by atoms with Crippen LogP contribution in [0.1, 0.15) is 41.0 Å². The van der Waals surface area contributed by atoms with Crippen LogP contribution in [0.15, 0.2) is 12.2 Å². The van der Waals surface area contributed by atoms with E-state index in [0.29, 0.717) is 5.92 Å². The highest BCUT2D eigenvalue weighted by Crippen LogP contribution is 2.12. The standard InChI is InChI=1S/C11H22/c1-9(2)6-7-11(5)8-10(3)4/h6-7,9-11H,8H2,1-5H3/b7-6-/t11-/m0/s1. The van der Waals surface area contributed by atoms with E-state index in [0.717, 1.165) is 11.8 Å². The summed E-state index contributed by atoms with van der Waals surface area (Å²) in [5.74, 6) is 2.27. The smallest absolute Gasteiger partial charge is 0.0259 e. The van der Waals surface area contributed by atoms with Gasteiger partial charge in [-0.2, -0.15) is 0 Å². The lowest BCUT2D eigenvalue weighted by molar-refractivity contribution is 0.501. The summed E-state index contributed by atoms with van der Waals surface area (Å²) in [5.41, 5.74) is 0. The van der Waals surface area contributed by atoms with Crippen LogP contribution in [0.2, 0.25) is 0 Å². The van der Waals surface area contributed by atoms with Crippen LogP contribution in [-0.2, 0) is 0 Å². The zero-order chi connectivity index (χ0) is 8.85. The van der Waals surface area contributed by atoms with E-state index in [1.165, 1.54) is 6.42 Å². The molecule has 0 amide bonds. The van der Waals surface area contributed by atoms with E-state index >= 15 is 0 Å². The van der Waals surface area contributed by atoms with Crippen molar-refractivity contribution in [1.29, 1.82) is 0 Å². The summed E-state index contributed by atoms with van der Waals surface area (Å²) in [4.78, 5) is 0. The molecule has 0 saturated carbocycles. The normalized spacial score (nSPS) is 15.2. The van der Waals surface area contributed by atoms with Crippen LogP contribution in [0.25, 0.3) is 0 Å². The number of rotatable bonds is 4. The van der Waals surface area contributed by atoms with E-state index in [9.17, 15) is 0 Å². The van der Waals surface area contributed by atoms with Crippen LogP contribution in [0.5, 0.6) is 0 Å². The van der Waals surface area contributed by atoms with Crippen molar-refractivity contribution in [1.82, 2.24) is 0 Å². The van der Waals surface area contributed by atoms with Crippen LogP contribution in [0.3, 0.4) is 0 Å². The minimum atomic E-state index is 0.699. The Morgan fingerprint density at radius 3 is 1.82 bits per heavy atom. The van der Waals surface area contributed by atoms with Gasteiger partial charge in [-0.1, -0.05) is 46.8 Å². The van der Waals surface area contributed by atoms with Gasteiger partial charge in [0.15, 0.2) is 0 Å². The van der Waals surface area contributed by atoms with E-state index < -0.39 is 0 Å². The first-order valence-corrected chi connectivity index (χ1v) is 4.70. The molecule has 0 radical (unpaired) electrons. The average molecular weight is 154 g/mol. The predicted octanol–water partition coefficient (Wildman–Crippen LogP) is 3.88. The van der Waals surface area contributed by atoms with Gasteiger partial charge in [0.05, 0.1) is 0 Å². The maximum Gasteiger partial charge on any atom is -0.0259 e. The SMILES string of the molecule is CC(C)/C=C\[C@H](C)CC(C)C. The van der Waals surface area contributed by atoms with Gasteiger partial charge >= 0.3 is 0 Å². The highest BCUT2D eigenvalue weighted by atomic mass is 14.1. The minimum Gasteiger partial charge on any atom is -0.0857 e. The molecule has 0 aromatic rings. The van der Waals surface area contributed by atoms with Crippen molar-refractivity contribution >= 4 is 0 Å². The zero-order valence-corrected chi connectivity index (χ0v) is 8.59. The summed E-state index contributed by atoms with van der Waals surface area (Å²) in [7, 11) is 0. The fourth-order valence-corrected chi connectivity index (χ4v) is 1.23. The van der Waals surface area contributed by atoms with E-state index in [1.54, 1.807) is 0 Å². The Morgan fingerprint density at radius 1 is 0.909 bits per heavy atom. The van der Waals surface area contributed by atoms with Gasteiger partial charge in [0.25, 0.3) is 0 Å². The molecule has 0 heteroatoms. The Kier molecular flexibility index (Phi) is 5.27. The van der Waals surface area contributed by atoms with Crippen molar-refractivity contribution in [3.05, 3.63) is 12.2 Å². The first-order valence-electron chi connectivity index (χ1n) is 4.70. The molecule has 0 aliphatic carbocycles. The third-order valence-corrected chi connectivity index (χ3v) is 1.67. The Morgan fingerprint density at radius 2 is 1.45 bits per heavy atom. The summed E-state index contributed by atoms with van der Waals surface area (Å²) < 4.78 is 0. The molecule has 0 N–H and O–H groups in total. The molecule has 0 unspecified atom stereocenters. The molecule has 0 aliphatic rings. The molecule has 0 fully saturated rings. The molecular weight excluding hydrogens is 132 g/mol. The molecular formula is C11H22. The van der Waals surface area contributed by atoms with Gasteiger partial charge in [-0.05, 0) is 24.2 Å². The highest BCUT2D eigenvalue weighted by Gasteiger charge is 2.00. The van der Waals surface area contributed by atoms with Gasteiger partial charge in [0.2, 0.25) is 0 Å². The van der Waals surface area contributed by atoms with Gasteiger partial charge in [-0.25, -0.2) is 0 Å². The molecule has 0 rings (SSSR count). The molecule has 0 spiro atoms. The minimum absolute atomic E-state index is 0.699. The quantitative estimate of drug-likeness (QED) is 0.539. The zero-order valence-electron chi connectivity index (χ0n) is 8.59. The lowest BCUT2D eigenvalue weighted by Crippen LogP contribution is -1.96. The topological polar surface area (TPSA) is 0 Å². The van der Waals surface area contributed by atoms with Crippen molar-refractivity contribution in [3.8, 4) is 0 Å². The molecule has 0 saturated heterocycles. The van der Waals surface area contributed by atoms with Crippen molar-refractivity contribution in [2.75, 3.05) is 0 Å².